The lowest BCUT2D eigenvalue weighted by atomic mass is 9.81. The van der Waals surface area contributed by atoms with Gasteiger partial charge in [-0.25, -0.2) is 0 Å². The average Bonchev–Trinajstić information content (AvgIpc) is 3.37. The van der Waals surface area contributed by atoms with Gasteiger partial charge >= 0.3 is 0 Å². The van der Waals surface area contributed by atoms with E-state index in [-0.39, 0.29) is 17.9 Å². The summed E-state index contributed by atoms with van der Waals surface area (Å²) in [7, 11) is 1.76. The van der Waals surface area contributed by atoms with Gasteiger partial charge in [-0.1, -0.05) is 42.5 Å². The number of carbonyl (C=O) groups is 2. The zero-order valence-corrected chi connectivity index (χ0v) is 18.8. The van der Waals surface area contributed by atoms with Crippen molar-refractivity contribution in [1.82, 2.24) is 4.90 Å². The van der Waals surface area contributed by atoms with Gasteiger partial charge in [0.05, 0.1) is 12.0 Å². The number of nitrogens with one attached hydrogen (secondary N) is 1. The fraction of sp³-hybridized carbons (Fsp3) is 0.111. The number of nitrogens with zero attached hydrogens (tertiary/aromatic N) is 1. The Morgan fingerprint density at radius 3 is 2.30 bits per heavy atom. The lowest BCUT2D eigenvalue weighted by Crippen LogP contribution is -2.43. The Bertz CT molecular complexity index is 1270. The summed E-state index contributed by atoms with van der Waals surface area (Å²) in [6.45, 7) is 0. The molecule has 1 aromatic heterocycles. The molecule has 0 radical (unpaired) electrons. The fourth-order valence-electron chi connectivity index (χ4n) is 4.22. The Balaban J connectivity index is 1.42. The number of hydrogen-bond acceptors (Lipinski definition) is 4. The molecule has 0 aliphatic carbocycles. The summed E-state index contributed by atoms with van der Waals surface area (Å²) in [5.74, 6) is 0.679. The molecule has 0 fully saturated rings. The third kappa shape index (κ3) is 4.13. The lowest BCUT2D eigenvalue weighted by Gasteiger charge is -2.39. The van der Waals surface area contributed by atoms with Crippen LogP contribution >= 0.6 is 11.3 Å². The van der Waals surface area contributed by atoms with E-state index in [1.54, 1.807) is 29.4 Å². The molecule has 0 spiro atoms. The predicted octanol–water partition coefficient (Wildman–Crippen LogP) is 6.09. The Labute approximate surface area is 196 Å². The first-order chi connectivity index (χ1) is 16.1. The number of benzene rings is 3. The number of likely N-dealkylation sites (N-methyl/N-ethyl adjacent to an activating group) is 1. The summed E-state index contributed by atoms with van der Waals surface area (Å²) in [6, 6.07) is 27.7. The molecule has 4 aromatic rings. The first kappa shape index (κ1) is 21.0. The minimum Gasteiger partial charge on any atom is -0.457 e. The average molecular weight is 455 g/mol. The van der Waals surface area contributed by atoms with E-state index in [4.69, 9.17) is 4.74 Å². The molecule has 0 bridgehead atoms. The molecule has 33 heavy (non-hydrogen) atoms. The van der Waals surface area contributed by atoms with Crippen LogP contribution in [-0.2, 0) is 4.79 Å². The number of para-hydroxylation sites is 1. The number of thiophene rings is 1. The quantitative estimate of drug-likeness (QED) is 0.397. The molecular weight excluding hydrogens is 432 g/mol. The summed E-state index contributed by atoms with van der Waals surface area (Å²) >= 11 is 1.55. The summed E-state index contributed by atoms with van der Waals surface area (Å²) in [5, 5.41) is 5.01. The lowest BCUT2D eigenvalue weighted by molar-refractivity contribution is -0.119. The maximum absolute atomic E-state index is 13.6. The number of ether oxygens (including phenoxy) is 1. The van der Waals surface area contributed by atoms with E-state index in [0.717, 1.165) is 16.2 Å². The van der Waals surface area contributed by atoms with Gasteiger partial charge in [-0.15, -0.1) is 11.3 Å². The van der Waals surface area contributed by atoms with Crippen molar-refractivity contribution in [3.63, 3.8) is 0 Å². The van der Waals surface area contributed by atoms with Crippen LogP contribution in [0.5, 0.6) is 11.5 Å². The second-order valence-electron chi connectivity index (χ2n) is 7.87. The van der Waals surface area contributed by atoms with Crippen molar-refractivity contribution in [1.29, 1.82) is 0 Å². The maximum Gasteiger partial charge on any atom is 0.254 e. The minimum absolute atomic E-state index is 0.0736. The number of rotatable bonds is 5. The van der Waals surface area contributed by atoms with Crippen molar-refractivity contribution >= 4 is 28.8 Å². The van der Waals surface area contributed by atoms with Gasteiger partial charge in [-0.2, -0.15) is 0 Å². The summed E-state index contributed by atoms with van der Waals surface area (Å²) in [6.07, 6.45) is 0. The fourth-order valence-corrected chi connectivity index (χ4v) is 5.13. The van der Waals surface area contributed by atoms with E-state index in [2.05, 4.69) is 5.32 Å². The van der Waals surface area contributed by atoms with Crippen molar-refractivity contribution in [2.75, 3.05) is 12.4 Å². The largest absolute Gasteiger partial charge is 0.457 e. The van der Waals surface area contributed by atoms with Gasteiger partial charge in [0.15, 0.2) is 0 Å². The molecule has 0 saturated carbocycles. The molecule has 3 aromatic carbocycles. The van der Waals surface area contributed by atoms with E-state index in [0.29, 0.717) is 17.0 Å². The molecule has 2 heterocycles. The summed E-state index contributed by atoms with van der Waals surface area (Å²) in [4.78, 5) is 29.3. The number of amides is 2. The molecule has 5 rings (SSSR count). The number of hydrogen-bond donors (Lipinski definition) is 1. The molecular formula is C27H22N2O3S. The second kappa shape index (κ2) is 8.92. The first-order valence-corrected chi connectivity index (χ1v) is 11.5. The van der Waals surface area contributed by atoms with Crippen molar-refractivity contribution < 1.29 is 14.3 Å². The molecule has 2 atom stereocenters. The SMILES string of the molecule is CN1C(=O)c2ccccc2[C@H](C(=O)Nc2ccc(Oc3ccccc3)cc2)[C@H]1c1cccs1. The topological polar surface area (TPSA) is 58.6 Å². The molecule has 1 N–H and O–H groups in total. The van der Waals surface area contributed by atoms with E-state index in [1.165, 1.54) is 0 Å². The molecule has 6 heteroatoms. The zero-order chi connectivity index (χ0) is 22.8. The molecule has 5 nitrogen and oxygen atoms in total. The van der Waals surface area contributed by atoms with Crippen LogP contribution in [-0.4, -0.2) is 23.8 Å². The molecule has 0 unspecified atom stereocenters. The third-order valence-electron chi connectivity index (χ3n) is 5.80. The van der Waals surface area contributed by atoms with Crippen LogP contribution in [0.2, 0.25) is 0 Å². The molecule has 0 saturated heterocycles. The van der Waals surface area contributed by atoms with Gasteiger partial charge in [-0.3, -0.25) is 9.59 Å². The van der Waals surface area contributed by atoms with Crippen molar-refractivity contribution in [3.8, 4) is 11.5 Å². The van der Waals surface area contributed by atoms with E-state index >= 15 is 0 Å². The molecule has 2 amide bonds. The second-order valence-corrected chi connectivity index (χ2v) is 8.85. The van der Waals surface area contributed by atoms with E-state index < -0.39 is 5.92 Å². The smallest absolute Gasteiger partial charge is 0.254 e. The first-order valence-electron chi connectivity index (χ1n) is 10.6. The van der Waals surface area contributed by atoms with Gasteiger partial charge in [0.2, 0.25) is 5.91 Å². The van der Waals surface area contributed by atoms with Gasteiger partial charge in [0, 0.05) is 23.2 Å². The normalized spacial score (nSPS) is 17.4. The number of anilines is 1. The highest BCUT2D eigenvalue weighted by Crippen LogP contribution is 2.43. The monoisotopic (exact) mass is 454 g/mol. The summed E-state index contributed by atoms with van der Waals surface area (Å²) in [5.41, 5.74) is 1.99. The van der Waals surface area contributed by atoms with Crippen LogP contribution in [0, 0.1) is 0 Å². The highest BCUT2D eigenvalue weighted by Gasteiger charge is 2.43. The van der Waals surface area contributed by atoms with E-state index in [9.17, 15) is 9.59 Å². The number of fused-ring (bicyclic) bond motifs is 1. The molecule has 1 aliphatic rings. The van der Waals surface area contributed by atoms with Crippen LogP contribution in [0.4, 0.5) is 5.69 Å². The Morgan fingerprint density at radius 1 is 0.879 bits per heavy atom. The highest BCUT2D eigenvalue weighted by molar-refractivity contribution is 7.10. The third-order valence-corrected chi connectivity index (χ3v) is 6.74. The standard InChI is InChI=1S/C27H22N2O3S/c1-29-25(23-12-7-17-33-23)24(21-10-5-6-11-22(21)27(29)31)26(30)28-18-13-15-20(16-14-18)32-19-8-3-2-4-9-19/h2-17,24-25H,1H3,(H,28,30)/t24-,25+/m0/s1. The van der Waals surface area contributed by atoms with Crippen molar-refractivity contribution in [3.05, 3.63) is 112 Å². The van der Waals surface area contributed by atoms with Crippen molar-refractivity contribution in [2.45, 2.75) is 12.0 Å². The number of carbonyl (C=O) groups excluding carboxylic acids is 2. The molecule has 164 valence electrons. The van der Waals surface area contributed by atoms with Crippen LogP contribution < -0.4 is 10.1 Å². The van der Waals surface area contributed by atoms with Gasteiger partial charge < -0.3 is 15.0 Å². The molecule has 1 aliphatic heterocycles. The van der Waals surface area contributed by atoms with Gasteiger partial charge in [-0.05, 0) is 59.5 Å². The Morgan fingerprint density at radius 2 is 1.58 bits per heavy atom. The van der Waals surface area contributed by atoms with Crippen LogP contribution in [0.3, 0.4) is 0 Å². The zero-order valence-electron chi connectivity index (χ0n) is 18.0. The highest BCUT2D eigenvalue weighted by atomic mass is 32.1. The van der Waals surface area contributed by atoms with Gasteiger partial charge in [0.25, 0.3) is 5.91 Å². The summed E-state index contributed by atoms with van der Waals surface area (Å²) < 4.78 is 5.84. The van der Waals surface area contributed by atoms with E-state index in [1.807, 2.05) is 90.3 Å². The maximum atomic E-state index is 13.6. The van der Waals surface area contributed by atoms with Crippen LogP contribution in [0.15, 0.2) is 96.4 Å². The Hall–Kier alpha value is -3.90. The van der Waals surface area contributed by atoms with Crippen LogP contribution in [0.1, 0.15) is 32.8 Å². The minimum atomic E-state index is -0.525. The van der Waals surface area contributed by atoms with Crippen LogP contribution in [0.25, 0.3) is 0 Å². The predicted molar refractivity (Wildman–Crippen MR) is 130 cm³/mol. The van der Waals surface area contributed by atoms with Gasteiger partial charge in [0.1, 0.15) is 11.5 Å². The van der Waals surface area contributed by atoms with Crippen molar-refractivity contribution in [2.24, 2.45) is 0 Å². The Kier molecular flexibility index (Phi) is 5.67.